The van der Waals surface area contributed by atoms with Crippen LogP contribution < -0.4 is 15.5 Å². The van der Waals surface area contributed by atoms with Gasteiger partial charge in [0.2, 0.25) is 17.7 Å². The molecule has 2 fully saturated rings. The Morgan fingerprint density at radius 3 is 2.48 bits per heavy atom. The second-order valence-corrected chi connectivity index (χ2v) is 11.2. The minimum absolute atomic E-state index is 0.0132. The van der Waals surface area contributed by atoms with E-state index < -0.39 is 77.0 Å². The van der Waals surface area contributed by atoms with Crippen molar-refractivity contribution < 1.29 is 31.9 Å². The van der Waals surface area contributed by atoms with E-state index in [4.69, 9.17) is 11.6 Å². The number of nitriles is 1. The summed E-state index contributed by atoms with van der Waals surface area (Å²) in [5, 5.41) is 14.8. The van der Waals surface area contributed by atoms with E-state index >= 15 is 4.39 Å². The topological polar surface area (TPSA) is 115 Å². The van der Waals surface area contributed by atoms with E-state index in [0.717, 1.165) is 29.3 Å². The van der Waals surface area contributed by atoms with E-state index in [0.29, 0.717) is 0 Å². The van der Waals surface area contributed by atoms with Gasteiger partial charge < -0.3 is 10.6 Å². The van der Waals surface area contributed by atoms with Crippen molar-refractivity contribution in [2.45, 2.75) is 61.9 Å². The summed E-state index contributed by atoms with van der Waals surface area (Å²) in [6.45, 7) is 0. The number of nitrogens with zero attached hydrogens (tertiary/aromatic N) is 3. The standard InChI is InChI=1S/C31H26ClF4N5O3/c32-23-7-2-1-6-22(23)25(28(43)39-20-8-12-30(35,36)13-9-20)31(29(44)40-21-5-3-4-19(33)16-21)14-10-24(42)41(31)27-26(34)18(17-37)11-15-38-27/h1-7,11,15-16,20,25H,8-10,12-14H2,(H,39,43)(H,40,44)/t25-,31?/m1/s1. The zero-order valence-electron chi connectivity index (χ0n) is 23.1. The van der Waals surface area contributed by atoms with Gasteiger partial charge in [-0.1, -0.05) is 35.9 Å². The molecular formula is C31H26ClF4N5O3. The molecule has 3 amide bonds. The molecular weight excluding hydrogens is 602 g/mol. The van der Waals surface area contributed by atoms with Crippen LogP contribution in [0.15, 0.2) is 60.8 Å². The lowest BCUT2D eigenvalue weighted by Gasteiger charge is -2.42. The lowest BCUT2D eigenvalue weighted by Crippen LogP contribution is -2.62. The molecule has 1 saturated carbocycles. The van der Waals surface area contributed by atoms with Gasteiger partial charge in [-0.05, 0) is 55.2 Å². The van der Waals surface area contributed by atoms with Gasteiger partial charge in [0.15, 0.2) is 11.6 Å². The summed E-state index contributed by atoms with van der Waals surface area (Å²) in [6.07, 6.45) is -0.583. The van der Waals surface area contributed by atoms with E-state index in [1.54, 1.807) is 18.2 Å². The van der Waals surface area contributed by atoms with Gasteiger partial charge in [0.1, 0.15) is 17.4 Å². The fourth-order valence-corrected chi connectivity index (χ4v) is 6.19. The Kier molecular flexibility index (Phi) is 8.61. The van der Waals surface area contributed by atoms with Gasteiger partial charge in [-0.3, -0.25) is 19.3 Å². The fourth-order valence-electron chi connectivity index (χ4n) is 5.94. The summed E-state index contributed by atoms with van der Waals surface area (Å²) >= 11 is 6.58. The van der Waals surface area contributed by atoms with Gasteiger partial charge in [0.05, 0.1) is 11.5 Å². The second-order valence-electron chi connectivity index (χ2n) is 10.8. The van der Waals surface area contributed by atoms with Crippen LogP contribution in [0.5, 0.6) is 0 Å². The van der Waals surface area contributed by atoms with Crippen molar-refractivity contribution >= 4 is 40.8 Å². The maximum absolute atomic E-state index is 15.7. The lowest BCUT2D eigenvalue weighted by molar-refractivity contribution is -0.132. The Labute approximate surface area is 255 Å². The van der Waals surface area contributed by atoms with Crippen LogP contribution in [0.1, 0.15) is 55.6 Å². The van der Waals surface area contributed by atoms with Crippen LogP contribution in [0, 0.1) is 23.0 Å². The molecule has 3 aromatic rings. The number of anilines is 2. The number of nitrogens with one attached hydrogen (secondary N) is 2. The molecule has 8 nitrogen and oxygen atoms in total. The molecule has 0 spiro atoms. The monoisotopic (exact) mass is 627 g/mol. The van der Waals surface area contributed by atoms with Crippen molar-refractivity contribution in [2.24, 2.45) is 0 Å². The number of alkyl halides is 2. The molecule has 0 bridgehead atoms. The molecule has 1 unspecified atom stereocenters. The molecule has 2 heterocycles. The predicted octanol–water partition coefficient (Wildman–Crippen LogP) is 5.87. The van der Waals surface area contributed by atoms with Crippen molar-refractivity contribution in [1.29, 1.82) is 5.26 Å². The van der Waals surface area contributed by atoms with Crippen molar-refractivity contribution in [3.05, 3.63) is 88.6 Å². The number of hydrogen-bond donors (Lipinski definition) is 2. The number of pyridine rings is 1. The van der Waals surface area contributed by atoms with Gasteiger partial charge in [-0.25, -0.2) is 22.5 Å². The fraction of sp³-hybridized carbons (Fsp3) is 0.323. The maximum Gasteiger partial charge on any atom is 0.251 e. The molecule has 0 radical (unpaired) electrons. The second kappa shape index (κ2) is 12.2. The van der Waals surface area contributed by atoms with Gasteiger partial charge in [0, 0.05) is 42.2 Å². The first kappa shape index (κ1) is 30.9. The third-order valence-corrected chi connectivity index (χ3v) is 8.41. The Bertz CT molecular complexity index is 1660. The minimum Gasteiger partial charge on any atom is -0.353 e. The van der Waals surface area contributed by atoms with E-state index in [-0.39, 0.29) is 42.0 Å². The molecule has 1 aromatic heterocycles. The highest BCUT2D eigenvalue weighted by Gasteiger charge is 2.61. The zero-order valence-corrected chi connectivity index (χ0v) is 23.9. The number of carbonyl (C=O) groups excluding carboxylic acids is 3. The summed E-state index contributed by atoms with van der Waals surface area (Å²) in [6, 6.07) is 13.0. The molecule has 1 saturated heterocycles. The Hall–Kier alpha value is -4.50. The number of hydrogen-bond acceptors (Lipinski definition) is 5. The molecule has 1 aliphatic heterocycles. The normalized spacial score (nSPS) is 20.5. The number of aromatic nitrogens is 1. The lowest BCUT2D eigenvalue weighted by atomic mass is 9.75. The zero-order chi connectivity index (χ0) is 31.6. The van der Waals surface area contributed by atoms with Gasteiger partial charge >= 0.3 is 0 Å². The van der Waals surface area contributed by atoms with Crippen LogP contribution >= 0.6 is 11.6 Å². The molecule has 1 aliphatic carbocycles. The maximum atomic E-state index is 15.7. The highest BCUT2D eigenvalue weighted by Crippen LogP contribution is 2.48. The van der Waals surface area contributed by atoms with E-state index in [1.807, 2.05) is 0 Å². The van der Waals surface area contributed by atoms with Gasteiger partial charge in [0.25, 0.3) is 5.91 Å². The summed E-state index contributed by atoms with van der Waals surface area (Å²) in [7, 11) is 0. The number of halogens is 5. The number of amides is 3. The molecule has 2 atom stereocenters. The first-order valence-electron chi connectivity index (χ1n) is 13.8. The van der Waals surface area contributed by atoms with Crippen molar-refractivity contribution in [3.8, 4) is 6.07 Å². The average molecular weight is 628 g/mol. The quantitative estimate of drug-likeness (QED) is 0.318. The average Bonchev–Trinajstić information content (AvgIpc) is 3.32. The summed E-state index contributed by atoms with van der Waals surface area (Å²) in [5.74, 6) is -9.61. The van der Waals surface area contributed by atoms with Crippen LogP contribution in [0.25, 0.3) is 0 Å². The van der Waals surface area contributed by atoms with Crippen LogP contribution in [-0.2, 0) is 14.4 Å². The summed E-state index contributed by atoms with van der Waals surface area (Å²) in [5.41, 5.74) is -2.63. The van der Waals surface area contributed by atoms with Crippen LogP contribution in [0.3, 0.4) is 0 Å². The SMILES string of the molecule is N#Cc1ccnc(N2C(=O)CCC2(C(=O)Nc2cccc(F)c2)[C@@H](C(=O)NC2CCC(F)(F)CC2)c2ccccc2Cl)c1F. The van der Waals surface area contributed by atoms with E-state index in [1.165, 1.54) is 24.3 Å². The Morgan fingerprint density at radius 2 is 1.80 bits per heavy atom. The molecule has 5 rings (SSSR count). The van der Waals surface area contributed by atoms with Crippen molar-refractivity contribution in [3.63, 3.8) is 0 Å². The first-order chi connectivity index (χ1) is 21.0. The van der Waals surface area contributed by atoms with Gasteiger partial charge in [-0.2, -0.15) is 5.26 Å². The van der Waals surface area contributed by atoms with Crippen LogP contribution in [0.4, 0.5) is 29.1 Å². The minimum atomic E-state index is -2.88. The largest absolute Gasteiger partial charge is 0.353 e. The third kappa shape index (κ3) is 5.84. The van der Waals surface area contributed by atoms with Gasteiger partial charge in [-0.15, -0.1) is 0 Å². The summed E-state index contributed by atoms with van der Waals surface area (Å²) in [4.78, 5) is 47.2. The number of rotatable bonds is 7. The van der Waals surface area contributed by atoms with Crippen LogP contribution in [0.2, 0.25) is 5.02 Å². The molecule has 2 N–H and O–H groups in total. The number of carbonyl (C=O) groups is 3. The molecule has 13 heteroatoms. The highest BCUT2D eigenvalue weighted by molar-refractivity contribution is 6.32. The third-order valence-electron chi connectivity index (χ3n) is 8.07. The smallest absolute Gasteiger partial charge is 0.251 e. The summed E-state index contributed by atoms with van der Waals surface area (Å²) < 4.78 is 57.6. The highest BCUT2D eigenvalue weighted by atomic mass is 35.5. The Balaban J connectivity index is 1.70. The first-order valence-corrected chi connectivity index (χ1v) is 14.2. The molecule has 44 heavy (non-hydrogen) atoms. The molecule has 2 aromatic carbocycles. The van der Waals surface area contributed by atoms with E-state index in [2.05, 4.69) is 15.6 Å². The molecule has 2 aliphatic rings. The van der Waals surface area contributed by atoms with Crippen molar-refractivity contribution in [1.82, 2.24) is 10.3 Å². The Morgan fingerprint density at radius 1 is 1.07 bits per heavy atom. The molecule has 228 valence electrons. The number of benzene rings is 2. The predicted molar refractivity (Wildman–Crippen MR) is 153 cm³/mol. The van der Waals surface area contributed by atoms with E-state index in [9.17, 15) is 32.8 Å². The van der Waals surface area contributed by atoms with Crippen molar-refractivity contribution in [2.75, 3.05) is 10.2 Å². The van der Waals surface area contributed by atoms with Crippen LogP contribution in [-0.4, -0.2) is 40.2 Å².